The van der Waals surface area contributed by atoms with Crippen molar-refractivity contribution < 1.29 is 26.9 Å². The van der Waals surface area contributed by atoms with Crippen LogP contribution >= 0.6 is 0 Å². The van der Waals surface area contributed by atoms with Crippen LogP contribution in [-0.4, -0.2) is 40.3 Å². The summed E-state index contributed by atoms with van der Waals surface area (Å²) in [6, 6.07) is 4.74. The number of benzene rings is 1. The highest BCUT2D eigenvalue weighted by atomic mass is 32.2. The fourth-order valence-corrected chi connectivity index (χ4v) is 4.00. The van der Waals surface area contributed by atoms with Gasteiger partial charge < -0.3 is 14.8 Å². The van der Waals surface area contributed by atoms with Gasteiger partial charge in [-0.2, -0.15) is 4.21 Å². The first-order valence-electron chi connectivity index (χ1n) is 8.69. The van der Waals surface area contributed by atoms with Crippen LogP contribution in [0, 0.1) is 18.7 Å². The molecule has 1 aliphatic carbocycles. The summed E-state index contributed by atoms with van der Waals surface area (Å²) in [5.74, 6) is 0.249. The number of ether oxygens (including phenoxy) is 1. The maximum absolute atomic E-state index is 13.6. The van der Waals surface area contributed by atoms with Crippen LogP contribution in [0.5, 0.6) is 5.75 Å². The fourth-order valence-electron chi connectivity index (χ4n) is 3.54. The molecule has 6 nitrogen and oxygen atoms in total. The van der Waals surface area contributed by atoms with Crippen molar-refractivity contribution in [2.75, 3.05) is 13.7 Å². The molecular weight excluding hydrogens is 361 g/mol. The minimum atomic E-state index is -2.40. The Kier molecular flexibility index (Phi) is 7.69. The topological polar surface area (TPSA) is 84.9 Å². The summed E-state index contributed by atoms with van der Waals surface area (Å²) in [6.45, 7) is 2.06. The Morgan fingerprint density at radius 2 is 2.27 bits per heavy atom. The molecule has 1 aromatic carbocycles. The molecule has 1 fully saturated rings. The molecule has 2 rings (SSSR count). The molecule has 0 radical (unpaired) electrons. The predicted octanol–water partition coefficient (Wildman–Crippen LogP) is 2.77. The van der Waals surface area contributed by atoms with E-state index in [1.165, 1.54) is 6.07 Å². The van der Waals surface area contributed by atoms with Crippen LogP contribution in [0.15, 0.2) is 18.2 Å². The van der Waals surface area contributed by atoms with E-state index in [-0.39, 0.29) is 11.7 Å². The third-order valence-corrected chi connectivity index (χ3v) is 5.59. The van der Waals surface area contributed by atoms with E-state index in [0.717, 1.165) is 12.7 Å². The molecule has 0 heterocycles. The maximum atomic E-state index is 13.6. The molecule has 2 N–H and O–H groups in total. The lowest BCUT2D eigenvalue weighted by Crippen LogP contribution is -2.57. The van der Waals surface area contributed by atoms with Gasteiger partial charge >= 0.3 is 11.4 Å². The van der Waals surface area contributed by atoms with Crippen LogP contribution in [0.3, 0.4) is 0 Å². The first-order valence-corrected chi connectivity index (χ1v) is 9.73. The Labute approximate surface area is 155 Å². The van der Waals surface area contributed by atoms with Crippen molar-refractivity contribution in [1.29, 1.82) is 0 Å². The minimum absolute atomic E-state index is 0.102. The van der Waals surface area contributed by atoms with Gasteiger partial charge in [-0.1, -0.05) is 6.07 Å². The van der Waals surface area contributed by atoms with Crippen molar-refractivity contribution >= 4 is 17.6 Å². The lowest BCUT2D eigenvalue weighted by molar-refractivity contribution is -0.108. The second kappa shape index (κ2) is 9.55. The maximum Gasteiger partial charge on any atom is 0.302 e. The molecule has 1 saturated carbocycles. The number of hydrogen-bond acceptors (Lipinski definition) is 5. The summed E-state index contributed by atoms with van der Waals surface area (Å²) in [5, 5.41) is 3.20. The van der Waals surface area contributed by atoms with E-state index in [1.807, 2.05) is 0 Å². The Hall–Kier alpha value is -1.35. The number of aryl methyl sites for hydroxylation is 1. The number of hydrogen-bond donors (Lipinski definition) is 2. The number of carbonyl (C=O) groups excluding carboxylic acids is 1. The summed E-state index contributed by atoms with van der Waals surface area (Å²) in [4.78, 5) is 10.8. The van der Waals surface area contributed by atoms with E-state index >= 15 is 0 Å². The van der Waals surface area contributed by atoms with Crippen molar-refractivity contribution in [3.05, 3.63) is 29.6 Å². The first kappa shape index (κ1) is 21.0. The van der Waals surface area contributed by atoms with Gasteiger partial charge in [0.15, 0.2) is 0 Å². The SMILES string of the molecule is CNC1(CCC=O)CCC(COc2ccc(C)c(F)c2)CC1OS(=O)O. The smallest absolute Gasteiger partial charge is 0.302 e. The zero-order chi connectivity index (χ0) is 19.2. The second-order valence-electron chi connectivity index (χ2n) is 6.78. The van der Waals surface area contributed by atoms with E-state index in [2.05, 4.69) is 5.32 Å². The number of rotatable bonds is 9. The van der Waals surface area contributed by atoms with Gasteiger partial charge in [-0.3, -0.25) is 8.74 Å². The lowest BCUT2D eigenvalue weighted by atomic mass is 9.72. The molecule has 0 aliphatic heterocycles. The third kappa shape index (κ3) is 5.33. The van der Waals surface area contributed by atoms with E-state index in [1.54, 1.807) is 26.1 Å². The molecule has 0 saturated heterocycles. The van der Waals surface area contributed by atoms with Gasteiger partial charge in [0, 0.05) is 18.0 Å². The molecular formula is C18H26FNO5S. The Morgan fingerprint density at radius 1 is 1.50 bits per heavy atom. The second-order valence-corrected chi connectivity index (χ2v) is 7.40. The van der Waals surface area contributed by atoms with Crippen molar-refractivity contribution in [3.8, 4) is 5.75 Å². The van der Waals surface area contributed by atoms with E-state index in [0.29, 0.717) is 43.6 Å². The Morgan fingerprint density at radius 3 is 2.88 bits per heavy atom. The van der Waals surface area contributed by atoms with Crippen molar-refractivity contribution in [2.24, 2.45) is 5.92 Å². The molecule has 0 spiro atoms. The molecule has 1 aromatic rings. The average Bonchev–Trinajstić information content (AvgIpc) is 2.62. The number of aldehydes is 1. The Balaban J connectivity index is 2.02. The van der Waals surface area contributed by atoms with Crippen LogP contribution in [0.25, 0.3) is 0 Å². The van der Waals surface area contributed by atoms with Crippen LogP contribution in [0.2, 0.25) is 0 Å². The molecule has 0 aromatic heterocycles. The third-order valence-electron chi connectivity index (χ3n) is 5.20. The van der Waals surface area contributed by atoms with Gasteiger partial charge in [0.1, 0.15) is 17.9 Å². The highest BCUT2D eigenvalue weighted by molar-refractivity contribution is 7.74. The summed E-state index contributed by atoms with van der Waals surface area (Å²) in [7, 11) is 1.77. The molecule has 8 heteroatoms. The quantitative estimate of drug-likeness (QED) is 0.501. The van der Waals surface area contributed by atoms with Gasteiger partial charge in [-0.05, 0) is 57.2 Å². The highest BCUT2D eigenvalue weighted by Gasteiger charge is 2.44. The number of halogens is 1. The van der Waals surface area contributed by atoms with Gasteiger partial charge in [0.25, 0.3) is 0 Å². The minimum Gasteiger partial charge on any atom is -0.493 e. The predicted molar refractivity (Wildman–Crippen MR) is 96.7 cm³/mol. The molecule has 26 heavy (non-hydrogen) atoms. The molecule has 4 unspecified atom stereocenters. The monoisotopic (exact) mass is 387 g/mol. The van der Waals surface area contributed by atoms with Crippen molar-refractivity contribution in [1.82, 2.24) is 5.32 Å². The Bertz CT molecular complexity index is 644. The van der Waals surface area contributed by atoms with Crippen molar-refractivity contribution in [3.63, 3.8) is 0 Å². The average molecular weight is 387 g/mol. The summed E-state index contributed by atoms with van der Waals surface area (Å²) < 4.78 is 45.0. The molecule has 146 valence electrons. The van der Waals surface area contributed by atoms with Gasteiger partial charge in [0.2, 0.25) is 0 Å². The lowest BCUT2D eigenvalue weighted by Gasteiger charge is -2.45. The van der Waals surface area contributed by atoms with E-state index in [4.69, 9.17) is 8.92 Å². The van der Waals surface area contributed by atoms with Crippen LogP contribution in [0.4, 0.5) is 4.39 Å². The summed E-state index contributed by atoms with van der Waals surface area (Å²) >= 11 is -2.40. The normalized spacial score (nSPS) is 27.1. The zero-order valence-electron chi connectivity index (χ0n) is 15.1. The molecule has 1 aliphatic rings. The highest BCUT2D eigenvalue weighted by Crippen LogP contribution is 2.38. The molecule has 0 bridgehead atoms. The standard InChI is InChI=1S/C18H26FNO5S/c1-13-4-5-15(11-16(13)19)24-12-14-6-8-18(20-2,7-3-9-21)17(10-14)25-26(22)23/h4-5,9,11,14,17,20H,3,6-8,10,12H2,1-2H3,(H,22,23). The number of nitrogens with one attached hydrogen (secondary N) is 1. The van der Waals surface area contributed by atoms with E-state index in [9.17, 15) is 17.9 Å². The first-order chi connectivity index (χ1) is 12.4. The van der Waals surface area contributed by atoms with Gasteiger partial charge in [-0.15, -0.1) is 0 Å². The van der Waals surface area contributed by atoms with Crippen LogP contribution in [0.1, 0.15) is 37.7 Å². The van der Waals surface area contributed by atoms with Gasteiger partial charge in [0.05, 0.1) is 12.7 Å². The van der Waals surface area contributed by atoms with Gasteiger partial charge in [-0.25, -0.2) is 4.39 Å². The largest absolute Gasteiger partial charge is 0.493 e. The molecule has 0 amide bonds. The van der Waals surface area contributed by atoms with Crippen LogP contribution in [-0.2, 0) is 20.3 Å². The van der Waals surface area contributed by atoms with Crippen LogP contribution < -0.4 is 10.1 Å². The number of carbonyl (C=O) groups is 1. The summed E-state index contributed by atoms with van der Waals surface area (Å²) in [6.07, 6.45) is 3.22. The molecule has 4 atom stereocenters. The number of likely N-dealkylation sites (N-methyl/N-ethyl adjacent to an activating group) is 1. The summed E-state index contributed by atoms with van der Waals surface area (Å²) in [5.41, 5.74) is 0.0362. The zero-order valence-corrected chi connectivity index (χ0v) is 15.9. The van der Waals surface area contributed by atoms with Crippen molar-refractivity contribution in [2.45, 2.75) is 50.7 Å². The van der Waals surface area contributed by atoms with E-state index < -0.39 is 23.0 Å². The fraction of sp³-hybridized carbons (Fsp3) is 0.611.